The fraction of sp³-hybridized carbons (Fsp3) is 0.381. The van der Waals surface area contributed by atoms with Gasteiger partial charge in [-0.3, -0.25) is 4.79 Å². The van der Waals surface area contributed by atoms with Crippen LogP contribution in [0.15, 0.2) is 48.5 Å². The Morgan fingerprint density at radius 3 is 2.27 bits per heavy atom. The van der Waals surface area contributed by atoms with Crippen molar-refractivity contribution >= 4 is 5.91 Å². The van der Waals surface area contributed by atoms with Crippen LogP contribution >= 0.6 is 0 Å². The minimum atomic E-state index is -0.607. The van der Waals surface area contributed by atoms with Gasteiger partial charge in [0.1, 0.15) is 11.9 Å². The highest BCUT2D eigenvalue weighted by Crippen LogP contribution is 2.65. The molecular weight excluding hydrogens is 336 g/mol. The lowest BCUT2D eigenvalue weighted by molar-refractivity contribution is -0.143. The first-order chi connectivity index (χ1) is 12.3. The van der Waals surface area contributed by atoms with Crippen molar-refractivity contribution in [1.82, 2.24) is 4.90 Å². The van der Waals surface area contributed by atoms with Crippen molar-refractivity contribution in [3.63, 3.8) is 0 Å². The predicted molar refractivity (Wildman–Crippen MR) is 93.9 cm³/mol. The smallest absolute Gasteiger partial charge is 0.234 e. The van der Waals surface area contributed by atoms with Gasteiger partial charge in [-0.15, -0.1) is 0 Å². The van der Waals surface area contributed by atoms with Crippen LogP contribution in [0.4, 0.5) is 8.78 Å². The molecule has 3 nitrogen and oxygen atoms in total. The number of para-hydroxylation sites is 1. The Morgan fingerprint density at radius 2 is 1.69 bits per heavy atom. The van der Waals surface area contributed by atoms with Crippen molar-refractivity contribution in [2.45, 2.75) is 31.8 Å². The normalized spacial score (nSPS) is 24.1. The lowest BCUT2D eigenvalue weighted by atomic mass is 9.85. The van der Waals surface area contributed by atoms with Gasteiger partial charge in [-0.25, -0.2) is 8.78 Å². The standard InChI is InChI=1S/C21H21F2NO2/c1-20(2)13-21(20,14-7-9-15(22)10-8-14)19(25)24-11-16(12-24)26-18-6-4-3-5-17(18)23/h3-10,16H,11-13H2,1-2H3/t21-/m0/s1. The monoisotopic (exact) mass is 357 g/mol. The van der Waals surface area contributed by atoms with Gasteiger partial charge in [-0.2, -0.15) is 0 Å². The van der Waals surface area contributed by atoms with Crippen molar-refractivity contribution in [3.8, 4) is 5.75 Å². The van der Waals surface area contributed by atoms with Crippen molar-refractivity contribution in [2.24, 2.45) is 5.41 Å². The zero-order chi connectivity index (χ0) is 18.5. The molecule has 1 heterocycles. The number of hydrogen-bond donors (Lipinski definition) is 0. The number of halogens is 2. The molecule has 0 N–H and O–H groups in total. The molecule has 2 aromatic rings. The molecule has 1 aliphatic carbocycles. The Hall–Kier alpha value is -2.43. The zero-order valence-corrected chi connectivity index (χ0v) is 14.8. The molecule has 5 heteroatoms. The molecule has 0 bridgehead atoms. The maximum Gasteiger partial charge on any atom is 0.234 e. The fourth-order valence-electron chi connectivity index (χ4n) is 4.00. The molecule has 2 aromatic carbocycles. The van der Waals surface area contributed by atoms with Crippen molar-refractivity contribution < 1.29 is 18.3 Å². The van der Waals surface area contributed by atoms with Gasteiger partial charge < -0.3 is 9.64 Å². The van der Waals surface area contributed by atoms with Crippen LogP contribution in [0.1, 0.15) is 25.8 Å². The third-order valence-corrected chi connectivity index (χ3v) is 5.71. The van der Waals surface area contributed by atoms with Gasteiger partial charge in [-0.05, 0) is 41.7 Å². The number of hydrogen-bond acceptors (Lipinski definition) is 2. The van der Waals surface area contributed by atoms with Gasteiger partial charge in [0.15, 0.2) is 11.6 Å². The zero-order valence-electron chi connectivity index (χ0n) is 14.8. The molecule has 1 aliphatic heterocycles. The molecule has 1 atom stereocenters. The number of amides is 1. The summed E-state index contributed by atoms with van der Waals surface area (Å²) < 4.78 is 32.6. The van der Waals surface area contributed by atoms with Gasteiger partial charge >= 0.3 is 0 Å². The molecular formula is C21H21F2NO2. The van der Waals surface area contributed by atoms with Crippen LogP contribution in [-0.2, 0) is 10.2 Å². The Bertz CT molecular complexity index is 843. The minimum Gasteiger partial charge on any atom is -0.484 e. The number of nitrogens with zero attached hydrogens (tertiary/aromatic N) is 1. The number of carbonyl (C=O) groups excluding carboxylic acids is 1. The minimum absolute atomic E-state index is 0.0440. The first-order valence-electron chi connectivity index (χ1n) is 8.80. The molecule has 2 aliphatic rings. The molecule has 136 valence electrons. The lowest BCUT2D eigenvalue weighted by Crippen LogP contribution is -2.59. The second-order valence-electron chi connectivity index (χ2n) is 7.85. The van der Waals surface area contributed by atoms with E-state index < -0.39 is 11.2 Å². The molecule has 0 aromatic heterocycles. The third kappa shape index (κ3) is 2.57. The number of carbonyl (C=O) groups is 1. The largest absolute Gasteiger partial charge is 0.484 e. The molecule has 0 spiro atoms. The predicted octanol–water partition coefficient (Wildman–Crippen LogP) is 3.92. The van der Waals surface area contributed by atoms with Gasteiger partial charge in [-0.1, -0.05) is 38.1 Å². The SMILES string of the molecule is CC1(C)C[C@@]1(C(=O)N1CC(Oc2ccccc2F)C1)c1ccc(F)cc1. The molecule has 0 unspecified atom stereocenters. The van der Waals surface area contributed by atoms with E-state index in [0.29, 0.717) is 13.1 Å². The van der Waals surface area contributed by atoms with E-state index in [4.69, 9.17) is 4.74 Å². The quantitative estimate of drug-likeness (QED) is 0.830. The molecule has 26 heavy (non-hydrogen) atoms. The van der Waals surface area contributed by atoms with Crippen LogP contribution < -0.4 is 4.74 Å². The van der Waals surface area contributed by atoms with Gasteiger partial charge in [0.2, 0.25) is 5.91 Å². The van der Waals surface area contributed by atoms with Crippen LogP contribution in [0.25, 0.3) is 0 Å². The number of rotatable bonds is 4. The summed E-state index contributed by atoms with van der Waals surface area (Å²) in [6, 6.07) is 12.5. The van der Waals surface area contributed by atoms with E-state index in [2.05, 4.69) is 13.8 Å². The van der Waals surface area contributed by atoms with Crippen LogP contribution in [0.2, 0.25) is 0 Å². The number of ether oxygens (including phenoxy) is 1. The Labute approximate surface area is 151 Å². The summed E-state index contributed by atoms with van der Waals surface area (Å²) in [4.78, 5) is 14.9. The van der Waals surface area contributed by atoms with Gasteiger partial charge in [0.25, 0.3) is 0 Å². The molecule has 1 saturated heterocycles. The topological polar surface area (TPSA) is 29.5 Å². The van der Waals surface area contributed by atoms with E-state index in [1.165, 1.54) is 18.2 Å². The maximum absolute atomic E-state index is 13.7. The van der Waals surface area contributed by atoms with Crippen molar-refractivity contribution in [3.05, 3.63) is 65.7 Å². The van der Waals surface area contributed by atoms with E-state index in [1.54, 1.807) is 35.2 Å². The van der Waals surface area contributed by atoms with Crippen molar-refractivity contribution in [2.75, 3.05) is 13.1 Å². The summed E-state index contributed by atoms with van der Waals surface area (Å²) in [7, 11) is 0. The average molecular weight is 357 g/mol. The molecule has 4 rings (SSSR count). The highest BCUT2D eigenvalue weighted by Gasteiger charge is 2.68. The summed E-state index contributed by atoms with van der Waals surface area (Å²) >= 11 is 0. The molecule has 1 saturated carbocycles. The Kier molecular flexibility index (Phi) is 3.79. The summed E-state index contributed by atoms with van der Waals surface area (Å²) in [5, 5.41) is 0. The number of likely N-dealkylation sites (tertiary alicyclic amines) is 1. The fourth-order valence-corrected chi connectivity index (χ4v) is 4.00. The Morgan fingerprint density at radius 1 is 1.08 bits per heavy atom. The van der Waals surface area contributed by atoms with Crippen LogP contribution in [0, 0.1) is 17.0 Å². The summed E-state index contributed by atoms with van der Waals surface area (Å²) in [5.41, 5.74) is 0.0793. The second kappa shape index (κ2) is 5.79. The summed E-state index contributed by atoms with van der Waals surface area (Å²) in [6.45, 7) is 4.99. The third-order valence-electron chi connectivity index (χ3n) is 5.71. The summed E-state index contributed by atoms with van der Waals surface area (Å²) in [6.07, 6.45) is 0.530. The highest BCUT2D eigenvalue weighted by atomic mass is 19.1. The summed E-state index contributed by atoms with van der Waals surface area (Å²) in [5.74, 6) is -0.451. The first kappa shape index (κ1) is 17.0. The van der Waals surface area contributed by atoms with Gasteiger partial charge in [0, 0.05) is 0 Å². The average Bonchev–Trinajstić information content (AvgIpc) is 3.16. The van der Waals surface area contributed by atoms with E-state index in [9.17, 15) is 13.6 Å². The Balaban J connectivity index is 1.46. The van der Waals surface area contributed by atoms with Crippen LogP contribution in [0.5, 0.6) is 5.75 Å². The number of benzene rings is 2. The molecule has 2 fully saturated rings. The molecule has 1 amide bonds. The van der Waals surface area contributed by atoms with E-state index >= 15 is 0 Å². The highest BCUT2D eigenvalue weighted by molar-refractivity contribution is 5.93. The molecule has 0 radical (unpaired) electrons. The first-order valence-corrected chi connectivity index (χ1v) is 8.80. The van der Waals surface area contributed by atoms with Crippen LogP contribution in [0.3, 0.4) is 0 Å². The lowest BCUT2D eigenvalue weighted by Gasteiger charge is -2.41. The van der Waals surface area contributed by atoms with Crippen molar-refractivity contribution in [1.29, 1.82) is 0 Å². The van der Waals surface area contributed by atoms with Gasteiger partial charge in [0.05, 0.1) is 18.5 Å². The maximum atomic E-state index is 13.7. The second-order valence-corrected chi connectivity index (χ2v) is 7.85. The van der Waals surface area contributed by atoms with E-state index in [-0.39, 0.29) is 29.0 Å². The van der Waals surface area contributed by atoms with E-state index in [1.807, 2.05) is 0 Å². The van der Waals surface area contributed by atoms with Crippen LogP contribution in [-0.4, -0.2) is 30.0 Å². The van der Waals surface area contributed by atoms with E-state index in [0.717, 1.165) is 12.0 Å².